The van der Waals surface area contributed by atoms with Gasteiger partial charge in [0.1, 0.15) is 0 Å². The molecule has 1 saturated heterocycles. The lowest BCUT2D eigenvalue weighted by atomic mass is 9.93. The number of aromatic nitrogens is 1. The first-order chi connectivity index (χ1) is 8.84. The van der Waals surface area contributed by atoms with Crippen LogP contribution >= 0.6 is 11.3 Å². The van der Waals surface area contributed by atoms with Crippen LogP contribution in [-0.2, 0) is 6.42 Å². The Kier molecular flexibility index (Phi) is 6.11. The highest BCUT2D eigenvalue weighted by Gasteiger charge is 2.11. The molecule has 2 rings (SSSR count). The van der Waals surface area contributed by atoms with Gasteiger partial charge in [-0.1, -0.05) is 0 Å². The molecular weight excluding hydrogens is 242 g/mol. The minimum absolute atomic E-state index is 0.967. The van der Waals surface area contributed by atoms with Gasteiger partial charge >= 0.3 is 0 Å². The fraction of sp³-hybridized carbons (Fsp3) is 0.786. The zero-order valence-electron chi connectivity index (χ0n) is 11.4. The Bertz CT molecular complexity index is 332. The lowest BCUT2D eigenvalue weighted by molar-refractivity contribution is 0.345. The van der Waals surface area contributed by atoms with Gasteiger partial charge < -0.3 is 10.6 Å². The van der Waals surface area contributed by atoms with Gasteiger partial charge in [0.2, 0.25) is 0 Å². The largest absolute Gasteiger partial charge is 0.317 e. The van der Waals surface area contributed by atoms with Crippen molar-refractivity contribution in [1.29, 1.82) is 0 Å². The normalized spacial score (nSPS) is 17.2. The van der Waals surface area contributed by atoms with Gasteiger partial charge in [-0.2, -0.15) is 0 Å². The van der Waals surface area contributed by atoms with E-state index in [-0.39, 0.29) is 0 Å². The average molecular weight is 267 g/mol. The second-order valence-electron chi connectivity index (χ2n) is 5.19. The molecule has 1 aromatic heterocycles. The van der Waals surface area contributed by atoms with Crippen molar-refractivity contribution in [2.45, 2.75) is 39.0 Å². The molecule has 0 atom stereocenters. The third kappa shape index (κ3) is 5.04. The highest BCUT2D eigenvalue weighted by molar-refractivity contribution is 7.09. The van der Waals surface area contributed by atoms with E-state index in [0.29, 0.717) is 0 Å². The maximum atomic E-state index is 4.47. The highest BCUT2D eigenvalue weighted by atomic mass is 32.1. The van der Waals surface area contributed by atoms with Gasteiger partial charge in [0, 0.05) is 18.3 Å². The Morgan fingerprint density at radius 3 is 2.94 bits per heavy atom. The monoisotopic (exact) mass is 267 g/mol. The van der Waals surface area contributed by atoms with E-state index in [2.05, 4.69) is 27.9 Å². The Hall–Kier alpha value is -0.450. The summed E-state index contributed by atoms with van der Waals surface area (Å²) in [6, 6.07) is 0. The van der Waals surface area contributed by atoms with Crippen molar-refractivity contribution in [3.63, 3.8) is 0 Å². The van der Waals surface area contributed by atoms with Gasteiger partial charge in [0.15, 0.2) is 0 Å². The van der Waals surface area contributed by atoms with E-state index >= 15 is 0 Å². The first kappa shape index (κ1) is 14.0. The maximum absolute atomic E-state index is 4.47. The molecule has 2 heterocycles. The number of nitrogens with zero attached hydrogens (tertiary/aromatic N) is 1. The zero-order chi connectivity index (χ0) is 12.6. The summed E-state index contributed by atoms with van der Waals surface area (Å²) in [5.41, 5.74) is 1.24. The van der Waals surface area contributed by atoms with E-state index in [4.69, 9.17) is 0 Å². The first-order valence-corrected chi connectivity index (χ1v) is 8.05. The second-order valence-corrected chi connectivity index (χ2v) is 6.26. The van der Waals surface area contributed by atoms with E-state index in [9.17, 15) is 0 Å². The van der Waals surface area contributed by atoms with Gasteiger partial charge in [-0.15, -0.1) is 11.3 Å². The molecule has 0 spiro atoms. The van der Waals surface area contributed by atoms with Crippen LogP contribution in [0, 0.1) is 12.8 Å². The van der Waals surface area contributed by atoms with E-state index in [1.807, 2.05) is 0 Å². The molecule has 0 saturated carbocycles. The van der Waals surface area contributed by atoms with Crippen LogP contribution in [0.3, 0.4) is 0 Å². The predicted molar refractivity (Wildman–Crippen MR) is 78.3 cm³/mol. The Morgan fingerprint density at radius 1 is 1.39 bits per heavy atom. The number of thiazole rings is 1. The molecule has 0 aliphatic carbocycles. The molecule has 102 valence electrons. The van der Waals surface area contributed by atoms with Gasteiger partial charge in [-0.3, -0.25) is 0 Å². The number of hydrogen-bond acceptors (Lipinski definition) is 4. The van der Waals surface area contributed by atoms with Gasteiger partial charge in [0.05, 0.1) is 10.7 Å². The summed E-state index contributed by atoms with van der Waals surface area (Å²) in [6.07, 6.45) is 6.53. The van der Waals surface area contributed by atoms with E-state index in [1.54, 1.807) is 11.3 Å². The summed E-state index contributed by atoms with van der Waals surface area (Å²) in [4.78, 5) is 4.47. The standard InChI is InChI=1S/C14H25N3S/c1-12-17-14(11-18-12)6-10-15-7-2-3-13-4-8-16-9-5-13/h11,13,15-16H,2-10H2,1H3. The van der Waals surface area contributed by atoms with Crippen molar-refractivity contribution >= 4 is 11.3 Å². The second kappa shape index (κ2) is 7.87. The van der Waals surface area contributed by atoms with Crippen LogP contribution in [0.2, 0.25) is 0 Å². The van der Waals surface area contributed by atoms with Crippen LogP contribution in [0.25, 0.3) is 0 Å². The molecule has 0 amide bonds. The number of nitrogens with one attached hydrogen (secondary N) is 2. The van der Waals surface area contributed by atoms with Crippen LogP contribution in [0.1, 0.15) is 36.4 Å². The first-order valence-electron chi connectivity index (χ1n) is 7.17. The quantitative estimate of drug-likeness (QED) is 0.745. The van der Waals surface area contributed by atoms with Crippen LogP contribution in [0.15, 0.2) is 5.38 Å². The topological polar surface area (TPSA) is 37.0 Å². The molecule has 2 N–H and O–H groups in total. The summed E-state index contributed by atoms with van der Waals surface area (Å²) < 4.78 is 0. The van der Waals surface area contributed by atoms with Crippen molar-refractivity contribution in [2.24, 2.45) is 5.92 Å². The number of piperidine rings is 1. The Balaban J connectivity index is 1.46. The number of hydrogen-bond donors (Lipinski definition) is 2. The maximum Gasteiger partial charge on any atom is 0.0897 e. The van der Waals surface area contributed by atoms with Gasteiger partial charge in [-0.05, 0) is 58.2 Å². The van der Waals surface area contributed by atoms with Crippen LogP contribution in [0.5, 0.6) is 0 Å². The van der Waals surface area contributed by atoms with Gasteiger partial charge in [0.25, 0.3) is 0 Å². The Labute approximate surface area is 114 Å². The molecule has 0 radical (unpaired) electrons. The molecule has 1 aliphatic rings. The molecule has 0 aromatic carbocycles. The van der Waals surface area contributed by atoms with Crippen molar-refractivity contribution in [2.75, 3.05) is 26.2 Å². The fourth-order valence-corrected chi connectivity index (χ4v) is 3.20. The van der Waals surface area contributed by atoms with Crippen LogP contribution < -0.4 is 10.6 Å². The smallest absolute Gasteiger partial charge is 0.0897 e. The summed E-state index contributed by atoms with van der Waals surface area (Å²) in [7, 11) is 0. The molecule has 0 bridgehead atoms. The zero-order valence-corrected chi connectivity index (χ0v) is 12.2. The van der Waals surface area contributed by atoms with E-state index < -0.39 is 0 Å². The average Bonchev–Trinajstić information content (AvgIpc) is 2.81. The van der Waals surface area contributed by atoms with E-state index in [0.717, 1.165) is 25.4 Å². The summed E-state index contributed by atoms with van der Waals surface area (Å²) in [5, 5.41) is 10.3. The highest BCUT2D eigenvalue weighted by Crippen LogP contribution is 2.17. The third-order valence-electron chi connectivity index (χ3n) is 3.65. The lowest BCUT2D eigenvalue weighted by Crippen LogP contribution is -2.28. The minimum Gasteiger partial charge on any atom is -0.317 e. The summed E-state index contributed by atoms with van der Waals surface area (Å²) in [5.74, 6) is 0.967. The third-order valence-corrected chi connectivity index (χ3v) is 4.47. The fourth-order valence-electron chi connectivity index (χ4n) is 2.55. The SMILES string of the molecule is Cc1nc(CCNCCCC2CCNCC2)cs1. The van der Waals surface area contributed by atoms with E-state index in [1.165, 1.54) is 49.5 Å². The molecule has 18 heavy (non-hydrogen) atoms. The molecule has 1 aliphatic heterocycles. The Morgan fingerprint density at radius 2 is 2.22 bits per heavy atom. The summed E-state index contributed by atoms with van der Waals surface area (Å²) >= 11 is 1.75. The van der Waals surface area contributed by atoms with Gasteiger partial charge in [-0.25, -0.2) is 4.98 Å². The predicted octanol–water partition coefficient (Wildman–Crippen LogP) is 2.36. The molecular formula is C14H25N3S. The number of aryl methyl sites for hydroxylation is 1. The molecule has 1 aromatic rings. The van der Waals surface area contributed by atoms with Crippen LogP contribution in [-0.4, -0.2) is 31.2 Å². The number of rotatable bonds is 7. The molecule has 1 fully saturated rings. The van der Waals surface area contributed by atoms with Crippen molar-refractivity contribution in [1.82, 2.24) is 15.6 Å². The molecule has 4 heteroatoms. The molecule has 0 unspecified atom stereocenters. The van der Waals surface area contributed by atoms with Crippen molar-refractivity contribution in [3.8, 4) is 0 Å². The van der Waals surface area contributed by atoms with Crippen LogP contribution in [0.4, 0.5) is 0 Å². The minimum atomic E-state index is 0.967. The van der Waals surface area contributed by atoms with Crippen molar-refractivity contribution in [3.05, 3.63) is 16.1 Å². The van der Waals surface area contributed by atoms with Crippen molar-refractivity contribution < 1.29 is 0 Å². The lowest BCUT2D eigenvalue weighted by Gasteiger charge is -2.22. The molecule has 3 nitrogen and oxygen atoms in total. The summed E-state index contributed by atoms with van der Waals surface area (Å²) in [6.45, 7) is 6.74.